The van der Waals surface area contributed by atoms with Crippen molar-refractivity contribution in [2.75, 3.05) is 26.2 Å². The Balaban J connectivity index is 1.64. The Kier molecular flexibility index (Phi) is 11.0. The Morgan fingerprint density at radius 2 is 1.87 bits per heavy atom. The van der Waals surface area contributed by atoms with E-state index in [1.165, 1.54) is 0 Å². The van der Waals surface area contributed by atoms with Gasteiger partial charge in [-0.1, -0.05) is 30.3 Å². The van der Waals surface area contributed by atoms with Gasteiger partial charge in [0.2, 0.25) is 0 Å². The van der Waals surface area contributed by atoms with Crippen LogP contribution in [-0.4, -0.2) is 94.9 Å². The molecule has 0 aromatic heterocycles. The maximum absolute atomic E-state index is 13.4. The Bertz CT molecular complexity index is 1030. The second kappa shape index (κ2) is 13.9. The van der Waals surface area contributed by atoms with Crippen molar-refractivity contribution in [3.05, 3.63) is 47.5 Å². The molecule has 4 atom stereocenters. The van der Waals surface area contributed by atoms with Gasteiger partial charge in [0, 0.05) is 25.2 Å². The third-order valence-electron chi connectivity index (χ3n) is 7.23. The van der Waals surface area contributed by atoms with Crippen molar-refractivity contribution in [1.82, 2.24) is 15.1 Å². The van der Waals surface area contributed by atoms with Gasteiger partial charge in [0.15, 0.2) is 0 Å². The molecule has 2 aliphatic rings. The number of morpholine rings is 1. The van der Waals surface area contributed by atoms with Crippen LogP contribution >= 0.6 is 0 Å². The van der Waals surface area contributed by atoms with Gasteiger partial charge in [0.25, 0.3) is 5.91 Å². The van der Waals surface area contributed by atoms with Gasteiger partial charge in [-0.05, 0) is 65.0 Å². The number of hydrogen-bond acceptors (Lipinski definition) is 8. The van der Waals surface area contributed by atoms with Gasteiger partial charge in [-0.2, -0.15) is 5.26 Å². The fourth-order valence-corrected chi connectivity index (χ4v) is 5.22. The van der Waals surface area contributed by atoms with Gasteiger partial charge < -0.3 is 29.7 Å². The van der Waals surface area contributed by atoms with Crippen LogP contribution in [0.25, 0.3) is 0 Å². The molecule has 0 spiro atoms. The molecule has 0 bridgehead atoms. The molecule has 2 amide bonds. The first-order chi connectivity index (χ1) is 18.5. The number of ether oxygens (including phenoxy) is 2. The number of alkyl carbamates (subject to hydrolysis) is 1. The number of amides is 2. The number of carbonyl (C=O) groups is 2. The molecule has 0 radical (unpaired) electrons. The average Bonchev–Trinajstić information content (AvgIpc) is 3.12. The summed E-state index contributed by atoms with van der Waals surface area (Å²) in [5, 5.41) is 32.0. The fourth-order valence-electron chi connectivity index (χ4n) is 5.22. The predicted octanol–water partition coefficient (Wildman–Crippen LogP) is 2.05. The fraction of sp³-hybridized carbons (Fsp3) is 0.607. The minimum atomic E-state index is -1.77. The zero-order chi connectivity index (χ0) is 28.6. The van der Waals surface area contributed by atoms with E-state index in [1.54, 1.807) is 11.0 Å². The van der Waals surface area contributed by atoms with E-state index in [0.717, 1.165) is 18.4 Å². The van der Waals surface area contributed by atoms with Crippen molar-refractivity contribution in [3.63, 3.8) is 0 Å². The molecule has 1 aromatic rings. The number of hydrogen-bond donors (Lipinski definition) is 3. The van der Waals surface area contributed by atoms with Crippen molar-refractivity contribution in [2.24, 2.45) is 0 Å². The SMILES string of the molecule is C[C@H]1CN(C(C)(C)C=C(C#N)C(=O)N2CCCC[C@@H](OC(=O)NC(Cc3ccccc3)B(O)O)C2)C[C@H](C)O1. The third-order valence-corrected chi connectivity index (χ3v) is 7.23. The molecule has 212 valence electrons. The maximum Gasteiger partial charge on any atom is 0.475 e. The summed E-state index contributed by atoms with van der Waals surface area (Å²) in [6.45, 7) is 10.0. The molecule has 1 aromatic carbocycles. The second-order valence-corrected chi connectivity index (χ2v) is 11.1. The number of carbonyl (C=O) groups excluding carboxylic acids is 2. The largest absolute Gasteiger partial charge is 0.475 e. The molecule has 2 heterocycles. The van der Waals surface area contributed by atoms with Crippen molar-refractivity contribution >= 4 is 19.1 Å². The molecule has 2 fully saturated rings. The molecular formula is C28H41BN4O6. The number of nitrogens with one attached hydrogen (secondary N) is 1. The topological polar surface area (TPSA) is 135 Å². The lowest BCUT2D eigenvalue weighted by Crippen LogP contribution is -2.54. The summed E-state index contributed by atoms with van der Waals surface area (Å²) in [5.74, 6) is -1.34. The minimum Gasteiger partial charge on any atom is -0.444 e. The number of likely N-dealkylation sites (tertiary alicyclic amines) is 1. The highest BCUT2D eigenvalue weighted by atomic mass is 16.6. The van der Waals surface area contributed by atoms with Crippen molar-refractivity contribution < 1.29 is 29.1 Å². The molecule has 1 unspecified atom stereocenters. The molecule has 10 nitrogen and oxygen atoms in total. The van der Waals surface area contributed by atoms with Crippen LogP contribution in [-0.2, 0) is 20.7 Å². The van der Waals surface area contributed by atoms with Crippen LogP contribution < -0.4 is 5.32 Å². The second-order valence-electron chi connectivity index (χ2n) is 11.1. The Hall–Kier alpha value is -2.91. The quantitative estimate of drug-likeness (QED) is 0.259. The van der Waals surface area contributed by atoms with Gasteiger partial charge in [0.05, 0.1) is 24.7 Å². The standard InChI is InChI=1S/C28H41BN4O6/c1-20-17-33(18-21(2)38-20)28(3,4)15-23(16-30)26(34)32-13-9-8-12-24(19-32)39-27(35)31-25(29(36)37)14-22-10-6-5-7-11-22/h5-7,10-11,15,20-21,24-25,36-37H,8-9,12-14,17-19H2,1-4H3,(H,31,35)/t20-,21-,24+,25?/m0/s1. The van der Waals surface area contributed by atoms with Crippen LogP contribution in [0.3, 0.4) is 0 Å². The van der Waals surface area contributed by atoms with Gasteiger partial charge in [0.1, 0.15) is 17.7 Å². The maximum atomic E-state index is 13.4. The van der Waals surface area contributed by atoms with Crippen molar-refractivity contribution in [1.29, 1.82) is 5.26 Å². The first kappa shape index (κ1) is 30.6. The smallest absolute Gasteiger partial charge is 0.444 e. The predicted molar refractivity (Wildman–Crippen MR) is 147 cm³/mol. The highest BCUT2D eigenvalue weighted by Crippen LogP contribution is 2.25. The summed E-state index contributed by atoms with van der Waals surface area (Å²) in [6.07, 6.45) is 2.71. The van der Waals surface area contributed by atoms with E-state index in [4.69, 9.17) is 9.47 Å². The monoisotopic (exact) mass is 540 g/mol. The van der Waals surface area contributed by atoms with E-state index in [0.29, 0.717) is 26.1 Å². The zero-order valence-corrected chi connectivity index (χ0v) is 23.4. The molecule has 3 N–H and O–H groups in total. The summed E-state index contributed by atoms with van der Waals surface area (Å²) in [6, 6.07) is 11.3. The lowest BCUT2D eigenvalue weighted by molar-refractivity contribution is -0.128. The van der Waals surface area contributed by atoms with Crippen LogP contribution in [0.5, 0.6) is 0 Å². The molecule has 0 saturated carbocycles. The number of nitriles is 1. The third kappa shape index (κ3) is 9.07. The van der Waals surface area contributed by atoms with Gasteiger partial charge in [-0.15, -0.1) is 0 Å². The first-order valence-corrected chi connectivity index (χ1v) is 13.7. The summed E-state index contributed by atoms with van der Waals surface area (Å²) in [4.78, 5) is 29.9. The van der Waals surface area contributed by atoms with E-state index in [2.05, 4.69) is 16.3 Å². The van der Waals surface area contributed by atoms with Gasteiger partial charge in [-0.3, -0.25) is 9.69 Å². The summed E-state index contributed by atoms with van der Waals surface area (Å²) in [7, 11) is -1.77. The summed E-state index contributed by atoms with van der Waals surface area (Å²) >= 11 is 0. The van der Waals surface area contributed by atoms with E-state index >= 15 is 0 Å². The summed E-state index contributed by atoms with van der Waals surface area (Å²) in [5.41, 5.74) is 0.359. The van der Waals surface area contributed by atoms with E-state index in [1.807, 2.05) is 58.0 Å². The van der Waals surface area contributed by atoms with Crippen LogP contribution in [0.1, 0.15) is 52.5 Å². The Labute approximate surface area is 231 Å². The molecule has 2 saturated heterocycles. The van der Waals surface area contributed by atoms with Crippen molar-refractivity contribution in [3.8, 4) is 6.07 Å². The average molecular weight is 540 g/mol. The lowest BCUT2D eigenvalue weighted by Gasteiger charge is -2.43. The number of nitrogens with zero attached hydrogens (tertiary/aromatic N) is 3. The van der Waals surface area contributed by atoms with Gasteiger partial charge >= 0.3 is 13.2 Å². The normalized spacial score (nSPS) is 23.8. The van der Waals surface area contributed by atoms with E-state index < -0.39 is 30.8 Å². The molecule has 39 heavy (non-hydrogen) atoms. The summed E-state index contributed by atoms with van der Waals surface area (Å²) < 4.78 is 11.4. The number of benzene rings is 1. The Morgan fingerprint density at radius 1 is 1.21 bits per heavy atom. The number of rotatable bonds is 8. The highest BCUT2D eigenvalue weighted by molar-refractivity contribution is 6.43. The van der Waals surface area contributed by atoms with Crippen molar-refractivity contribution in [2.45, 2.75) is 83.2 Å². The van der Waals surface area contributed by atoms with Gasteiger partial charge in [-0.25, -0.2) is 4.79 Å². The molecular weight excluding hydrogens is 499 g/mol. The Morgan fingerprint density at radius 3 is 2.49 bits per heavy atom. The van der Waals surface area contributed by atoms with Crippen LogP contribution in [0.4, 0.5) is 4.79 Å². The van der Waals surface area contributed by atoms with E-state index in [9.17, 15) is 24.9 Å². The van der Waals surface area contributed by atoms with Crippen LogP contribution in [0.15, 0.2) is 42.0 Å². The lowest BCUT2D eigenvalue weighted by atomic mass is 9.76. The van der Waals surface area contributed by atoms with E-state index in [-0.39, 0.29) is 36.7 Å². The molecule has 3 rings (SSSR count). The zero-order valence-electron chi connectivity index (χ0n) is 23.4. The minimum absolute atomic E-state index is 0.0524. The first-order valence-electron chi connectivity index (χ1n) is 13.7. The molecule has 11 heteroatoms. The molecule has 2 aliphatic heterocycles. The van der Waals surface area contributed by atoms with Crippen LogP contribution in [0, 0.1) is 11.3 Å². The highest BCUT2D eigenvalue weighted by Gasteiger charge is 2.34. The molecule has 0 aliphatic carbocycles. The van der Waals surface area contributed by atoms with Crippen LogP contribution in [0.2, 0.25) is 0 Å².